The molecule has 0 bridgehead atoms. The number of ether oxygens (including phenoxy) is 1. The molecule has 0 aliphatic carbocycles. The maximum absolute atomic E-state index is 5.72. The van der Waals surface area contributed by atoms with Gasteiger partial charge in [-0.15, -0.1) is 0 Å². The number of hydrogen-bond donors (Lipinski definition) is 0. The van der Waals surface area contributed by atoms with Crippen LogP contribution in [0.5, 0.6) is 0 Å². The van der Waals surface area contributed by atoms with Gasteiger partial charge in [0.25, 0.3) is 0 Å². The Morgan fingerprint density at radius 3 is 1.89 bits per heavy atom. The normalized spacial score (nSPS) is 12.8. The van der Waals surface area contributed by atoms with Gasteiger partial charge in [-0.1, -0.05) is 65.8 Å². The van der Waals surface area contributed by atoms with Crippen LogP contribution in [-0.2, 0) is 16.8 Å². The third kappa shape index (κ3) is 5.68. The second kappa shape index (κ2) is 5.88. The highest BCUT2D eigenvalue weighted by Crippen LogP contribution is 2.22. The molecule has 0 N–H and O–H groups in total. The fourth-order valence-corrected chi connectivity index (χ4v) is 1.67. The monoisotopic (exact) mass is 248 g/mol. The van der Waals surface area contributed by atoms with Gasteiger partial charge in [-0.2, -0.15) is 0 Å². The van der Waals surface area contributed by atoms with Gasteiger partial charge in [-0.3, -0.25) is 0 Å². The summed E-state index contributed by atoms with van der Waals surface area (Å²) in [5.74, 6) is 0. The van der Waals surface area contributed by atoms with Crippen molar-refractivity contribution in [3.8, 4) is 0 Å². The van der Waals surface area contributed by atoms with E-state index in [-0.39, 0.29) is 5.41 Å². The molecule has 0 saturated carbocycles. The molecular formula is C17H28O. The van der Waals surface area contributed by atoms with E-state index in [0.29, 0.717) is 5.41 Å². The predicted octanol–water partition coefficient (Wildman–Crippen LogP) is 4.94. The first-order chi connectivity index (χ1) is 8.18. The molecule has 0 spiro atoms. The van der Waals surface area contributed by atoms with Gasteiger partial charge >= 0.3 is 0 Å². The molecular weight excluding hydrogens is 220 g/mol. The van der Waals surface area contributed by atoms with Crippen LogP contribution in [-0.4, -0.2) is 6.61 Å². The SMILES string of the molecule is CC(C)(C)CCOCc1ccc(C(C)(C)C)cc1. The predicted molar refractivity (Wildman–Crippen MR) is 78.9 cm³/mol. The third-order valence-corrected chi connectivity index (χ3v) is 3.09. The summed E-state index contributed by atoms with van der Waals surface area (Å²) in [7, 11) is 0. The molecule has 0 heterocycles. The van der Waals surface area contributed by atoms with Crippen molar-refractivity contribution in [2.75, 3.05) is 6.61 Å². The quantitative estimate of drug-likeness (QED) is 0.686. The van der Waals surface area contributed by atoms with E-state index < -0.39 is 0 Å². The first kappa shape index (κ1) is 15.2. The summed E-state index contributed by atoms with van der Waals surface area (Å²) in [6, 6.07) is 8.78. The lowest BCUT2D eigenvalue weighted by Crippen LogP contribution is -2.11. The van der Waals surface area contributed by atoms with Gasteiger partial charge in [-0.25, -0.2) is 0 Å². The van der Waals surface area contributed by atoms with Crippen LogP contribution in [0.25, 0.3) is 0 Å². The summed E-state index contributed by atoms with van der Waals surface area (Å²) in [5.41, 5.74) is 3.22. The highest BCUT2D eigenvalue weighted by molar-refractivity contribution is 5.27. The van der Waals surface area contributed by atoms with Crippen LogP contribution in [0.1, 0.15) is 59.1 Å². The molecule has 1 heteroatoms. The van der Waals surface area contributed by atoms with E-state index in [0.717, 1.165) is 19.6 Å². The molecule has 0 aromatic heterocycles. The molecule has 1 nitrogen and oxygen atoms in total. The molecule has 0 aliphatic rings. The van der Waals surface area contributed by atoms with E-state index in [1.807, 2.05) is 0 Å². The van der Waals surface area contributed by atoms with E-state index in [9.17, 15) is 0 Å². The zero-order chi connectivity index (χ0) is 13.8. The Morgan fingerprint density at radius 2 is 1.44 bits per heavy atom. The van der Waals surface area contributed by atoms with E-state index in [1.165, 1.54) is 11.1 Å². The minimum atomic E-state index is 0.228. The number of benzene rings is 1. The summed E-state index contributed by atoms with van der Waals surface area (Å²) in [6.07, 6.45) is 1.10. The van der Waals surface area contributed by atoms with Crippen LogP contribution in [0, 0.1) is 5.41 Å². The van der Waals surface area contributed by atoms with Crippen molar-refractivity contribution in [1.29, 1.82) is 0 Å². The largest absolute Gasteiger partial charge is 0.377 e. The van der Waals surface area contributed by atoms with Crippen molar-refractivity contribution in [3.63, 3.8) is 0 Å². The van der Waals surface area contributed by atoms with Crippen molar-refractivity contribution in [2.45, 2.75) is 60.0 Å². The van der Waals surface area contributed by atoms with Gasteiger partial charge in [0.2, 0.25) is 0 Å². The average molecular weight is 248 g/mol. The molecule has 1 aromatic rings. The molecule has 0 fully saturated rings. The van der Waals surface area contributed by atoms with Gasteiger partial charge in [0.05, 0.1) is 6.61 Å². The average Bonchev–Trinajstić information content (AvgIpc) is 2.22. The summed E-state index contributed by atoms with van der Waals surface area (Å²) in [4.78, 5) is 0. The first-order valence-corrected chi connectivity index (χ1v) is 6.86. The van der Waals surface area contributed by atoms with E-state index in [2.05, 4.69) is 65.8 Å². The van der Waals surface area contributed by atoms with Crippen molar-refractivity contribution >= 4 is 0 Å². The van der Waals surface area contributed by atoms with Crippen LogP contribution < -0.4 is 0 Å². The zero-order valence-electron chi connectivity index (χ0n) is 12.8. The number of hydrogen-bond acceptors (Lipinski definition) is 1. The minimum absolute atomic E-state index is 0.228. The van der Waals surface area contributed by atoms with Gasteiger partial charge in [0, 0.05) is 6.61 Å². The van der Waals surface area contributed by atoms with Crippen molar-refractivity contribution < 1.29 is 4.74 Å². The van der Waals surface area contributed by atoms with Crippen molar-refractivity contribution in [1.82, 2.24) is 0 Å². The lowest BCUT2D eigenvalue weighted by Gasteiger charge is -2.19. The molecule has 0 saturated heterocycles. The highest BCUT2D eigenvalue weighted by Gasteiger charge is 2.13. The molecule has 18 heavy (non-hydrogen) atoms. The maximum Gasteiger partial charge on any atom is 0.0716 e. The maximum atomic E-state index is 5.72. The van der Waals surface area contributed by atoms with Crippen LogP contribution in [0.4, 0.5) is 0 Å². The Balaban J connectivity index is 2.41. The molecule has 0 amide bonds. The van der Waals surface area contributed by atoms with Crippen LogP contribution in [0.15, 0.2) is 24.3 Å². The van der Waals surface area contributed by atoms with Crippen LogP contribution in [0.2, 0.25) is 0 Å². The smallest absolute Gasteiger partial charge is 0.0716 e. The Hall–Kier alpha value is -0.820. The third-order valence-electron chi connectivity index (χ3n) is 3.09. The second-order valence-electron chi connectivity index (χ2n) is 7.31. The Kier molecular flexibility index (Phi) is 4.98. The van der Waals surface area contributed by atoms with E-state index in [1.54, 1.807) is 0 Å². The Bertz CT molecular complexity index is 349. The highest BCUT2D eigenvalue weighted by atomic mass is 16.5. The van der Waals surface area contributed by atoms with Crippen molar-refractivity contribution in [2.24, 2.45) is 5.41 Å². The first-order valence-electron chi connectivity index (χ1n) is 6.86. The van der Waals surface area contributed by atoms with E-state index >= 15 is 0 Å². The van der Waals surface area contributed by atoms with E-state index in [4.69, 9.17) is 4.74 Å². The Labute approximate surface area is 113 Å². The molecule has 1 aromatic carbocycles. The zero-order valence-corrected chi connectivity index (χ0v) is 12.8. The minimum Gasteiger partial charge on any atom is -0.377 e. The molecule has 1 rings (SSSR count). The van der Waals surface area contributed by atoms with Gasteiger partial charge in [0.1, 0.15) is 0 Å². The molecule has 0 atom stereocenters. The summed E-state index contributed by atoms with van der Waals surface area (Å²) < 4.78 is 5.72. The molecule has 102 valence electrons. The van der Waals surface area contributed by atoms with Gasteiger partial charge < -0.3 is 4.74 Å². The fraction of sp³-hybridized carbons (Fsp3) is 0.647. The summed E-state index contributed by atoms with van der Waals surface area (Å²) in [5, 5.41) is 0. The van der Waals surface area contributed by atoms with Crippen molar-refractivity contribution in [3.05, 3.63) is 35.4 Å². The molecule has 0 aliphatic heterocycles. The fourth-order valence-electron chi connectivity index (χ4n) is 1.67. The van der Waals surface area contributed by atoms with Crippen LogP contribution >= 0.6 is 0 Å². The summed E-state index contributed by atoms with van der Waals surface area (Å²) >= 11 is 0. The topological polar surface area (TPSA) is 9.23 Å². The second-order valence-corrected chi connectivity index (χ2v) is 7.31. The number of rotatable bonds is 4. The molecule has 0 unspecified atom stereocenters. The molecule has 0 radical (unpaired) electrons. The standard InChI is InChI=1S/C17H28O/c1-16(2,3)11-12-18-13-14-7-9-15(10-8-14)17(4,5)6/h7-10H,11-13H2,1-6H3. The lowest BCUT2D eigenvalue weighted by atomic mass is 9.87. The lowest BCUT2D eigenvalue weighted by molar-refractivity contribution is 0.0962. The Morgan fingerprint density at radius 1 is 0.889 bits per heavy atom. The summed E-state index contributed by atoms with van der Waals surface area (Å²) in [6.45, 7) is 15.0. The van der Waals surface area contributed by atoms with Gasteiger partial charge in [0.15, 0.2) is 0 Å². The van der Waals surface area contributed by atoms with Crippen LogP contribution in [0.3, 0.4) is 0 Å². The van der Waals surface area contributed by atoms with Gasteiger partial charge in [-0.05, 0) is 28.4 Å².